The fraction of sp³-hybridized carbons (Fsp3) is 0.214. The Balaban J connectivity index is 2.82. The second kappa shape index (κ2) is 4.96. The van der Waals surface area contributed by atoms with Gasteiger partial charge >= 0.3 is 0 Å². The number of hydrogen-bond acceptors (Lipinski definition) is 3. The Hall–Kier alpha value is -2.23. The van der Waals surface area contributed by atoms with Gasteiger partial charge in [-0.15, -0.1) is 0 Å². The Morgan fingerprint density at radius 2 is 2.28 bits per heavy atom. The lowest BCUT2D eigenvalue weighted by molar-refractivity contribution is 0.372. The molecule has 2 aromatic rings. The van der Waals surface area contributed by atoms with Crippen molar-refractivity contribution >= 4 is 10.9 Å². The van der Waals surface area contributed by atoms with E-state index in [1.54, 1.807) is 12.3 Å². The zero-order valence-electron chi connectivity index (χ0n) is 10.4. The van der Waals surface area contributed by atoms with Gasteiger partial charge in [-0.25, -0.2) is 0 Å². The minimum Gasteiger partial charge on any atom is -0.504 e. The third-order valence-corrected chi connectivity index (χ3v) is 2.87. The third kappa shape index (κ3) is 1.97. The number of aromatic amines is 1. The van der Waals surface area contributed by atoms with Gasteiger partial charge in [0.05, 0.1) is 12.6 Å². The van der Waals surface area contributed by atoms with E-state index in [0.29, 0.717) is 28.6 Å². The topological polar surface area (TPSA) is 62.3 Å². The molecule has 0 aliphatic heterocycles. The van der Waals surface area contributed by atoms with Crippen LogP contribution in [0.4, 0.5) is 0 Å². The van der Waals surface area contributed by atoms with E-state index >= 15 is 0 Å². The summed E-state index contributed by atoms with van der Waals surface area (Å²) in [7, 11) is 1.47. The van der Waals surface area contributed by atoms with Gasteiger partial charge in [0, 0.05) is 23.2 Å². The van der Waals surface area contributed by atoms with Crippen LogP contribution in [-0.2, 0) is 6.42 Å². The van der Waals surface area contributed by atoms with Gasteiger partial charge in [-0.2, -0.15) is 0 Å². The molecule has 0 aliphatic carbocycles. The second-order valence-corrected chi connectivity index (χ2v) is 3.94. The number of phenols is 1. The average Bonchev–Trinajstić information content (AvgIpc) is 2.38. The third-order valence-electron chi connectivity index (χ3n) is 2.87. The number of rotatable bonds is 3. The summed E-state index contributed by atoms with van der Waals surface area (Å²) < 4.78 is 5.10. The fourth-order valence-electron chi connectivity index (χ4n) is 1.94. The quantitative estimate of drug-likeness (QED) is 0.816. The van der Waals surface area contributed by atoms with E-state index in [9.17, 15) is 9.90 Å². The van der Waals surface area contributed by atoms with Crippen molar-refractivity contribution < 1.29 is 9.84 Å². The van der Waals surface area contributed by atoms with Crippen molar-refractivity contribution in [3.8, 4) is 11.5 Å². The molecular formula is C14H15NO3. The molecule has 0 amide bonds. The first-order valence-electron chi connectivity index (χ1n) is 5.70. The van der Waals surface area contributed by atoms with Gasteiger partial charge in [-0.1, -0.05) is 12.2 Å². The van der Waals surface area contributed by atoms with Crippen LogP contribution in [0.5, 0.6) is 11.5 Å². The van der Waals surface area contributed by atoms with Crippen molar-refractivity contribution in [1.29, 1.82) is 0 Å². The van der Waals surface area contributed by atoms with Crippen LogP contribution in [0.25, 0.3) is 10.9 Å². The van der Waals surface area contributed by atoms with Crippen LogP contribution in [0, 0.1) is 0 Å². The Bertz CT molecular complexity index is 656. The largest absolute Gasteiger partial charge is 0.504 e. The molecule has 94 valence electrons. The number of ether oxygens (including phenoxy) is 1. The number of nitrogens with one attached hydrogen (secondary N) is 1. The number of hydrogen-bond donors (Lipinski definition) is 2. The molecule has 1 aromatic carbocycles. The fourth-order valence-corrected chi connectivity index (χ4v) is 1.94. The van der Waals surface area contributed by atoms with Crippen molar-refractivity contribution in [2.24, 2.45) is 0 Å². The van der Waals surface area contributed by atoms with Gasteiger partial charge in [0.2, 0.25) is 0 Å². The molecule has 0 bridgehead atoms. The number of phenolic OH excluding ortho intramolecular Hbond substituents is 1. The molecule has 18 heavy (non-hydrogen) atoms. The van der Waals surface area contributed by atoms with Crippen LogP contribution in [-0.4, -0.2) is 17.2 Å². The standard InChI is InChI=1S/C14H15NO3/c1-3-4-5-9-13-10(11(16)6-7-15-13)8-12(18-2)14(9)17/h3-4,6-8,17H,5H2,1-2H3,(H,15,16)/b4-3+. The lowest BCUT2D eigenvalue weighted by Gasteiger charge is -2.11. The van der Waals surface area contributed by atoms with Crippen LogP contribution in [0.3, 0.4) is 0 Å². The molecule has 0 unspecified atom stereocenters. The molecule has 2 rings (SSSR count). The number of aromatic nitrogens is 1. The Morgan fingerprint density at radius 3 is 2.94 bits per heavy atom. The molecule has 0 atom stereocenters. The molecule has 1 aromatic heterocycles. The maximum absolute atomic E-state index is 11.8. The van der Waals surface area contributed by atoms with Crippen molar-refractivity contribution in [3.63, 3.8) is 0 Å². The summed E-state index contributed by atoms with van der Waals surface area (Å²) in [5.74, 6) is 0.392. The Kier molecular flexibility index (Phi) is 3.37. The van der Waals surface area contributed by atoms with E-state index in [-0.39, 0.29) is 11.2 Å². The zero-order valence-corrected chi connectivity index (χ0v) is 10.4. The predicted octanol–water partition coefficient (Wildman–Crippen LogP) is 2.36. The van der Waals surface area contributed by atoms with Gasteiger partial charge in [-0.05, 0) is 19.4 Å². The number of pyridine rings is 1. The summed E-state index contributed by atoms with van der Waals surface area (Å²) in [6, 6.07) is 3.01. The molecule has 1 heterocycles. The van der Waals surface area contributed by atoms with Gasteiger partial charge in [0.1, 0.15) is 0 Å². The van der Waals surface area contributed by atoms with Crippen LogP contribution < -0.4 is 10.2 Å². The highest BCUT2D eigenvalue weighted by Gasteiger charge is 2.14. The normalized spacial score (nSPS) is 11.2. The molecular weight excluding hydrogens is 230 g/mol. The lowest BCUT2D eigenvalue weighted by atomic mass is 10.0. The molecule has 4 nitrogen and oxygen atoms in total. The van der Waals surface area contributed by atoms with Crippen molar-refractivity contribution in [2.75, 3.05) is 7.11 Å². The van der Waals surface area contributed by atoms with Crippen molar-refractivity contribution in [3.05, 3.63) is 46.3 Å². The first kappa shape index (κ1) is 12.2. The maximum Gasteiger partial charge on any atom is 0.189 e. The molecule has 0 radical (unpaired) electrons. The Labute approximate surface area is 105 Å². The summed E-state index contributed by atoms with van der Waals surface area (Å²) in [6.45, 7) is 1.90. The number of H-pyrrole nitrogens is 1. The molecule has 0 saturated carbocycles. The smallest absolute Gasteiger partial charge is 0.189 e. The van der Waals surface area contributed by atoms with E-state index in [1.807, 2.05) is 19.1 Å². The van der Waals surface area contributed by atoms with Crippen LogP contribution >= 0.6 is 0 Å². The first-order valence-corrected chi connectivity index (χ1v) is 5.70. The van der Waals surface area contributed by atoms with E-state index in [2.05, 4.69) is 4.98 Å². The number of allylic oxidation sites excluding steroid dienone is 2. The Morgan fingerprint density at radius 1 is 1.50 bits per heavy atom. The summed E-state index contributed by atoms with van der Waals surface area (Å²) in [4.78, 5) is 14.8. The molecule has 0 spiro atoms. The van der Waals surface area contributed by atoms with Gasteiger partial charge in [0.15, 0.2) is 16.9 Å². The maximum atomic E-state index is 11.8. The first-order chi connectivity index (χ1) is 8.69. The highest BCUT2D eigenvalue weighted by Crippen LogP contribution is 2.34. The van der Waals surface area contributed by atoms with Crippen LogP contribution in [0.1, 0.15) is 12.5 Å². The minimum atomic E-state index is -0.0937. The summed E-state index contributed by atoms with van der Waals surface area (Å²) >= 11 is 0. The highest BCUT2D eigenvalue weighted by atomic mass is 16.5. The molecule has 2 N–H and O–H groups in total. The summed E-state index contributed by atoms with van der Waals surface area (Å²) in [5.41, 5.74) is 1.22. The molecule has 0 saturated heterocycles. The van der Waals surface area contributed by atoms with E-state index < -0.39 is 0 Å². The molecule has 0 fully saturated rings. The molecule has 4 heteroatoms. The molecule has 0 aliphatic rings. The van der Waals surface area contributed by atoms with Crippen molar-refractivity contribution in [1.82, 2.24) is 4.98 Å². The minimum absolute atomic E-state index is 0.0740. The number of methoxy groups -OCH3 is 1. The lowest BCUT2D eigenvalue weighted by Crippen LogP contribution is -2.03. The monoisotopic (exact) mass is 245 g/mol. The van der Waals surface area contributed by atoms with Gasteiger partial charge in [0.25, 0.3) is 0 Å². The van der Waals surface area contributed by atoms with Gasteiger partial charge in [-0.3, -0.25) is 4.79 Å². The summed E-state index contributed by atoms with van der Waals surface area (Å²) in [6.07, 6.45) is 5.93. The van der Waals surface area contributed by atoms with E-state index in [4.69, 9.17) is 4.74 Å². The second-order valence-electron chi connectivity index (χ2n) is 3.94. The average molecular weight is 245 g/mol. The van der Waals surface area contributed by atoms with Crippen LogP contribution in [0.15, 0.2) is 35.3 Å². The zero-order chi connectivity index (χ0) is 13.1. The highest BCUT2D eigenvalue weighted by molar-refractivity contribution is 5.86. The van der Waals surface area contributed by atoms with Crippen LogP contribution in [0.2, 0.25) is 0 Å². The number of benzene rings is 1. The predicted molar refractivity (Wildman–Crippen MR) is 71.3 cm³/mol. The SMILES string of the molecule is C/C=C/Cc1c(O)c(OC)cc2c(=O)cc[nH]c12. The van der Waals surface area contributed by atoms with E-state index in [1.165, 1.54) is 13.2 Å². The van der Waals surface area contributed by atoms with E-state index in [0.717, 1.165) is 0 Å². The number of fused-ring (bicyclic) bond motifs is 1. The van der Waals surface area contributed by atoms with Crippen molar-refractivity contribution in [2.45, 2.75) is 13.3 Å². The van der Waals surface area contributed by atoms with Gasteiger partial charge < -0.3 is 14.8 Å². The summed E-state index contributed by atoms with van der Waals surface area (Å²) in [5, 5.41) is 10.6. The number of aromatic hydroxyl groups is 1.